The second-order valence-corrected chi connectivity index (χ2v) is 4.69. The summed E-state index contributed by atoms with van der Waals surface area (Å²) in [5.74, 6) is -0.574. The third kappa shape index (κ3) is 2.69. The Bertz CT molecular complexity index is 490. The zero-order valence-corrected chi connectivity index (χ0v) is 11.1. The van der Waals surface area contributed by atoms with Crippen LogP contribution in [-0.2, 0) is 4.74 Å². The first-order valence-corrected chi connectivity index (χ1v) is 6.21. The number of pyridine rings is 1. The van der Waals surface area contributed by atoms with Gasteiger partial charge in [0.2, 0.25) is 0 Å². The molecule has 1 aliphatic rings. The zero-order chi connectivity index (χ0) is 14.0. The predicted molar refractivity (Wildman–Crippen MR) is 69.7 cm³/mol. The Balaban J connectivity index is 2.50. The third-order valence-corrected chi connectivity index (χ3v) is 3.25. The SMILES string of the molecule is Cc1cc(C)c(C(=O)O)c(N2CCOCC2CO)n1. The normalized spacial score (nSPS) is 19.5. The number of hydrogen-bond acceptors (Lipinski definition) is 5. The molecule has 0 aliphatic carbocycles. The van der Waals surface area contributed by atoms with Gasteiger partial charge in [-0.2, -0.15) is 0 Å². The first-order chi connectivity index (χ1) is 9.04. The van der Waals surface area contributed by atoms with Crippen LogP contribution < -0.4 is 4.90 Å². The van der Waals surface area contributed by atoms with E-state index in [0.29, 0.717) is 31.1 Å². The molecule has 0 bridgehead atoms. The summed E-state index contributed by atoms with van der Waals surface area (Å²) < 4.78 is 5.31. The molecule has 1 saturated heterocycles. The smallest absolute Gasteiger partial charge is 0.339 e. The molecule has 6 nitrogen and oxygen atoms in total. The van der Waals surface area contributed by atoms with Crippen LogP contribution in [0.2, 0.25) is 0 Å². The fourth-order valence-electron chi connectivity index (χ4n) is 2.37. The van der Waals surface area contributed by atoms with Gasteiger partial charge in [-0.3, -0.25) is 0 Å². The van der Waals surface area contributed by atoms with Crippen LogP contribution >= 0.6 is 0 Å². The Morgan fingerprint density at radius 2 is 2.32 bits per heavy atom. The van der Waals surface area contributed by atoms with Crippen molar-refractivity contribution in [3.05, 3.63) is 22.9 Å². The number of aromatic carboxylic acids is 1. The number of carboxylic acids is 1. The highest BCUT2D eigenvalue weighted by Gasteiger charge is 2.28. The lowest BCUT2D eigenvalue weighted by Gasteiger charge is -2.36. The van der Waals surface area contributed by atoms with Gasteiger partial charge in [-0.1, -0.05) is 0 Å². The zero-order valence-electron chi connectivity index (χ0n) is 11.1. The van der Waals surface area contributed by atoms with Crippen molar-refractivity contribution >= 4 is 11.8 Å². The van der Waals surface area contributed by atoms with E-state index in [2.05, 4.69) is 4.98 Å². The molecule has 2 N–H and O–H groups in total. The maximum absolute atomic E-state index is 11.4. The lowest BCUT2D eigenvalue weighted by molar-refractivity contribution is 0.0673. The van der Waals surface area contributed by atoms with Crippen molar-refractivity contribution in [2.45, 2.75) is 19.9 Å². The van der Waals surface area contributed by atoms with E-state index in [4.69, 9.17) is 4.74 Å². The third-order valence-electron chi connectivity index (χ3n) is 3.25. The minimum absolute atomic E-state index is 0.0896. The molecule has 0 saturated carbocycles. The van der Waals surface area contributed by atoms with E-state index in [-0.39, 0.29) is 18.2 Å². The number of morpholine rings is 1. The highest BCUT2D eigenvalue weighted by atomic mass is 16.5. The number of carbonyl (C=O) groups is 1. The van der Waals surface area contributed by atoms with E-state index >= 15 is 0 Å². The Kier molecular flexibility index (Phi) is 4.01. The highest BCUT2D eigenvalue weighted by Crippen LogP contribution is 2.25. The summed E-state index contributed by atoms with van der Waals surface area (Å²) in [7, 11) is 0. The van der Waals surface area contributed by atoms with Crippen molar-refractivity contribution in [2.75, 3.05) is 31.3 Å². The molecule has 0 amide bonds. The van der Waals surface area contributed by atoms with Crippen molar-refractivity contribution in [3.8, 4) is 0 Å². The van der Waals surface area contributed by atoms with Crippen molar-refractivity contribution in [3.63, 3.8) is 0 Å². The van der Waals surface area contributed by atoms with Crippen LogP contribution in [0.4, 0.5) is 5.82 Å². The molecule has 1 aliphatic heterocycles. The van der Waals surface area contributed by atoms with Gasteiger partial charge in [-0.05, 0) is 25.5 Å². The van der Waals surface area contributed by atoms with Crippen LogP contribution in [-0.4, -0.2) is 53.6 Å². The Hall–Kier alpha value is -1.66. The van der Waals surface area contributed by atoms with Crippen LogP contribution in [0.1, 0.15) is 21.6 Å². The van der Waals surface area contributed by atoms with Crippen molar-refractivity contribution in [1.82, 2.24) is 4.98 Å². The summed E-state index contributed by atoms with van der Waals surface area (Å²) in [6.07, 6.45) is 0. The Morgan fingerprint density at radius 3 is 2.95 bits per heavy atom. The van der Waals surface area contributed by atoms with Crippen LogP contribution in [0.5, 0.6) is 0 Å². The fraction of sp³-hybridized carbons (Fsp3) is 0.538. The van der Waals surface area contributed by atoms with Crippen molar-refractivity contribution < 1.29 is 19.7 Å². The topological polar surface area (TPSA) is 82.9 Å². The number of rotatable bonds is 3. The minimum atomic E-state index is -0.997. The molecule has 2 rings (SSSR count). The van der Waals surface area contributed by atoms with E-state index in [0.717, 1.165) is 5.69 Å². The lowest BCUT2D eigenvalue weighted by atomic mass is 10.1. The maximum Gasteiger partial charge on any atom is 0.339 e. The molecular formula is C13H18N2O4. The van der Waals surface area contributed by atoms with Gasteiger partial charge in [0, 0.05) is 12.2 Å². The number of hydrogen-bond donors (Lipinski definition) is 2. The van der Waals surface area contributed by atoms with E-state index < -0.39 is 5.97 Å². The molecular weight excluding hydrogens is 248 g/mol. The molecule has 1 aromatic rings. The van der Waals surface area contributed by atoms with Gasteiger partial charge in [-0.25, -0.2) is 9.78 Å². The van der Waals surface area contributed by atoms with Crippen LogP contribution in [0, 0.1) is 13.8 Å². The van der Waals surface area contributed by atoms with E-state index in [1.807, 2.05) is 11.8 Å². The Morgan fingerprint density at radius 1 is 1.58 bits per heavy atom. The van der Waals surface area contributed by atoms with Gasteiger partial charge in [0.1, 0.15) is 11.4 Å². The number of ether oxygens (including phenoxy) is 1. The molecule has 1 atom stereocenters. The number of anilines is 1. The molecule has 1 aromatic heterocycles. The number of nitrogens with zero attached hydrogens (tertiary/aromatic N) is 2. The molecule has 1 fully saturated rings. The van der Waals surface area contributed by atoms with E-state index in [9.17, 15) is 15.0 Å². The predicted octanol–water partition coefficient (Wildman–Crippen LogP) is 0.594. The molecule has 6 heteroatoms. The largest absolute Gasteiger partial charge is 0.478 e. The molecule has 1 unspecified atom stereocenters. The minimum Gasteiger partial charge on any atom is -0.478 e. The van der Waals surface area contributed by atoms with Gasteiger partial charge in [0.05, 0.1) is 25.9 Å². The summed E-state index contributed by atoms with van der Waals surface area (Å²) in [6, 6.07) is 1.50. The number of carboxylic acid groups (broad SMARTS) is 1. The summed E-state index contributed by atoms with van der Waals surface area (Å²) in [4.78, 5) is 17.6. The first-order valence-electron chi connectivity index (χ1n) is 6.21. The molecule has 19 heavy (non-hydrogen) atoms. The maximum atomic E-state index is 11.4. The van der Waals surface area contributed by atoms with Gasteiger partial charge in [-0.15, -0.1) is 0 Å². The van der Waals surface area contributed by atoms with Crippen LogP contribution in [0.25, 0.3) is 0 Å². The van der Waals surface area contributed by atoms with Gasteiger partial charge in [0.25, 0.3) is 0 Å². The number of aliphatic hydroxyl groups is 1. The summed E-state index contributed by atoms with van der Waals surface area (Å²) in [5.41, 5.74) is 1.64. The summed E-state index contributed by atoms with van der Waals surface area (Å²) >= 11 is 0. The molecule has 0 radical (unpaired) electrons. The second kappa shape index (κ2) is 5.54. The standard InChI is InChI=1S/C13H18N2O4/c1-8-5-9(2)14-12(11(8)13(17)18)15-3-4-19-7-10(15)6-16/h5,10,16H,3-4,6-7H2,1-2H3,(H,17,18). The average Bonchev–Trinajstić information content (AvgIpc) is 2.37. The number of aromatic nitrogens is 1. The van der Waals surface area contributed by atoms with Crippen molar-refractivity contribution in [2.24, 2.45) is 0 Å². The summed E-state index contributed by atoms with van der Waals surface area (Å²) in [6.45, 7) is 4.91. The van der Waals surface area contributed by atoms with Crippen LogP contribution in [0.3, 0.4) is 0 Å². The van der Waals surface area contributed by atoms with E-state index in [1.54, 1.807) is 13.0 Å². The van der Waals surface area contributed by atoms with Crippen molar-refractivity contribution in [1.29, 1.82) is 0 Å². The van der Waals surface area contributed by atoms with Gasteiger partial charge in [0.15, 0.2) is 0 Å². The molecule has 104 valence electrons. The van der Waals surface area contributed by atoms with Gasteiger partial charge >= 0.3 is 5.97 Å². The summed E-state index contributed by atoms with van der Waals surface area (Å²) in [5, 5.41) is 18.8. The average molecular weight is 266 g/mol. The molecule has 2 heterocycles. The number of aliphatic hydroxyl groups excluding tert-OH is 1. The Labute approximate surface area is 111 Å². The molecule has 0 aromatic carbocycles. The molecule has 0 spiro atoms. The number of aryl methyl sites for hydroxylation is 2. The first kappa shape index (κ1) is 13.8. The quantitative estimate of drug-likeness (QED) is 0.833. The fourth-order valence-corrected chi connectivity index (χ4v) is 2.37. The second-order valence-electron chi connectivity index (χ2n) is 4.69. The monoisotopic (exact) mass is 266 g/mol. The highest BCUT2D eigenvalue weighted by molar-refractivity contribution is 5.95. The lowest BCUT2D eigenvalue weighted by Crippen LogP contribution is -2.48. The van der Waals surface area contributed by atoms with E-state index in [1.165, 1.54) is 0 Å². The van der Waals surface area contributed by atoms with Gasteiger partial charge < -0.3 is 19.8 Å². The van der Waals surface area contributed by atoms with Crippen LogP contribution in [0.15, 0.2) is 6.07 Å².